The lowest BCUT2D eigenvalue weighted by Gasteiger charge is -2.28. The number of hydrogen-bond acceptors (Lipinski definition) is 4. The summed E-state index contributed by atoms with van der Waals surface area (Å²) in [5.41, 5.74) is -1.18. The van der Waals surface area contributed by atoms with Gasteiger partial charge in [0.25, 0.3) is 0 Å². The minimum atomic E-state index is -1.26. The molecule has 2 amide bonds. The molecule has 1 rings (SSSR count). The Morgan fingerprint density at radius 1 is 1.33 bits per heavy atom. The lowest BCUT2D eigenvalue weighted by molar-refractivity contribution is 0.0500. The van der Waals surface area contributed by atoms with Crippen LogP contribution in [0.15, 0.2) is 18.2 Å². The van der Waals surface area contributed by atoms with E-state index in [0.29, 0.717) is 6.54 Å². The minimum Gasteiger partial charge on any atom is -0.508 e. The van der Waals surface area contributed by atoms with Crippen LogP contribution in [0.25, 0.3) is 0 Å². The number of aliphatic hydroxyl groups is 1. The maximum atomic E-state index is 12.1. The van der Waals surface area contributed by atoms with Gasteiger partial charge in [0.2, 0.25) is 0 Å². The van der Waals surface area contributed by atoms with Crippen molar-refractivity contribution in [3.05, 3.63) is 23.8 Å². The zero-order valence-electron chi connectivity index (χ0n) is 12.3. The van der Waals surface area contributed by atoms with Gasteiger partial charge in [0.15, 0.2) is 0 Å². The van der Waals surface area contributed by atoms with Gasteiger partial charge in [0.05, 0.1) is 23.4 Å². The van der Waals surface area contributed by atoms with Gasteiger partial charge in [-0.25, -0.2) is 9.59 Å². The molecule has 7 nitrogen and oxygen atoms in total. The van der Waals surface area contributed by atoms with E-state index >= 15 is 0 Å². The average molecular weight is 296 g/mol. The Labute approximate surface area is 122 Å². The molecule has 7 heteroatoms. The number of hydrogen-bond donors (Lipinski definition) is 4. The second-order valence-electron chi connectivity index (χ2n) is 5.29. The van der Waals surface area contributed by atoms with Crippen molar-refractivity contribution in [2.24, 2.45) is 0 Å². The predicted octanol–water partition coefficient (Wildman–Crippen LogP) is 1.72. The van der Waals surface area contributed by atoms with E-state index in [1.165, 1.54) is 17.0 Å². The number of likely N-dealkylation sites (N-methyl/N-ethyl adjacent to an activating group) is 1. The molecule has 21 heavy (non-hydrogen) atoms. The molecule has 0 fully saturated rings. The monoisotopic (exact) mass is 296 g/mol. The Morgan fingerprint density at radius 3 is 2.43 bits per heavy atom. The fourth-order valence-electron chi connectivity index (χ4n) is 1.81. The number of carboxylic acid groups (broad SMARTS) is 1. The van der Waals surface area contributed by atoms with Gasteiger partial charge in [-0.3, -0.25) is 0 Å². The number of urea groups is 1. The molecule has 1 aromatic rings. The van der Waals surface area contributed by atoms with Gasteiger partial charge in [-0.2, -0.15) is 0 Å². The molecule has 0 spiro atoms. The van der Waals surface area contributed by atoms with E-state index in [-0.39, 0.29) is 23.5 Å². The minimum absolute atomic E-state index is 0.0829. The standard InChI is InChI=1S/C14H20N2O5/c1-4-16(8-14(2,3)21)13(20)15-11-6-5-9(17)7-10(11)12(18)19/h5-7,17,21H,4,8H2,1-3H3,(H,15,20)(H,18,19). The van der Waals surface area contributed by atoms with E-state index in [9.17, 15) is 19.8 Å². The van der Waals surface area contributed by atoms with E-state index in [1.807, 2.05) is 0 Å². The van der Waals surface area contributed by atoms with Crippen LogP contribution >= 0.6 is 0 Å². The number of rotatable bonds is 5. The summed E-state index contributed by atoms with van der Waals surface area (Å²) >= 11 is 0. The van der Waals surface area contributed by atoms with Gasteiger partial charge >= 0.3 is 12.0 Å². The van der Waals surface area contributed by atoms with Crippen LogP contribution in [-0.2, 0) is 0 Å². The molecular formula is C14H20N2O5. The third kappa shape index (κ3) is 4.96. The summed E-state index contributed by atoms with van der Waals surface area (Å²) in [6.07, 6.45) is 0. The van der Waals surface area contributed by atoms with Gasteiger partial charge in [0, 0.05) is 6.54 Å². The molecule has 116 valence electrons. The fourth-order valence-corrected chi connectivity index (χ4v) is 1.81. The van der Waals surface area contributed by atoms with E-state index in [1.54, 1.807) is 20.8 Å². The average Bonchev–Trinajstić information content (AvgIpc) is 2.36. The molecule has 0 aliphatic carbocycles. The van der Waals surface area contributed by atoms with Crippen LogP contribution in [0.5, 0.6) is 5.75 Å². The van der Waals surface area contributed by atoms with Crippen molar-refractivity contribution in [3.63, 3.8) is 0 Å². The molecule has 0 aliphatic rings. The molecule has 0 radical (unpaired) electrons. The first-order chi connectivity index (χ1) is 9.64. The van der Waals surface area contributed by atoms with E-state index in [0.717, 1.165) is 6.07 Å². The molecule has 4 N–H and O–H groups in total. The van der Waals surface area contributed by atoms with Crippen molar-refractivity contribution >= 4 is 17.7 Å². The van der Waals surface area contributed by atoms with Crippen molar-refractivity contribution in [2.45, 2.75) is 26.4 Å². The van der Waals surface area contributed by atoms with Crippen LogP contribution in [0.2, 0.25) is 0 Å². The Kier molecular flexibility index (Phi) is 5.15. The summed E-state index contributed by atoms with van der Waals surface area (Å²) < 4.78 is 0. The normalized spacial score (nSPS) is 11.0. The number of carbonyl (C=O) groups is 2. The Balaban J connectivity index is 2.94. The van der Waals surface area contributed by atoms with E-state index in [2.05, 4.69) is 5.32 Å². The molecule has 0 heterocycles. The first-order valence-electron chi connectivity index (χ1n) is 6.48. The van der Waals surface area contributed by atoms with Gasteiger partial charge < -0.3 is 25.5 Å². The number of nitrogens with zero attached hydrogens (tertiary/aromatic N) is 1. The number of phenolic OH excluding ortho intramolecular Hbond substituents is 1. The zero-order chi connectivity index (χ0) is 16.2. The summed E-state index contributed by atoms with van der Waals surface area (Å²) in [5.74, 6) is -1.46. The number of anilines is 1. The molecule has 0 unspecified atom stereocenters. The number of carbonyl (C=O) groups excluding carboxylic acids is 1. The third-order valence-corrected chi connectivity index (χ3v) is 2.72. The van der Waals surface area contributed by atoms with Crippen LogP contribution < -0.4 is 5.32 Å². The van der Waals surface area contributed by atoms with Crippen LogP contribution in [-0.4, -0.2) is 50.9 Å². The van der Waals surface area contributed by atoms with Gasteiger partial charge in [-0.15, -0.1) is 0 Å². The number of aromatic carboxylic acids is 1. The van der Waals surface area contributed by atoms with Crippen molar-refractivity contribution < 1.29 is 24.9 Å². The molecule has 0 bridgehead atoms. The highest BCUT2D eigenvalue weighted by atomic mass is 16.4. The lowest BCUT2D eigenvalue weighted by Crippen LogP contribution is -2.44. The Morgan fingerprint density at radius 2 is 1.95 bits per heavy atom. The highest BCUT2D eigenvalue weighted by molar-refractivity contribution is 6.00. The smallest absolute Gasteiger partial charge is 0.337 e. The number of carboxylic acids is 1. The summed E-state index contributed by atoms with van der Waals surface area (Å²) in [6.45, 7) is 5.37. The highest BCUT2D eigenvalue weighted by Crippen LogP contribution is 2.22. The second-order valence-corrected chi connectivity index (χ2v) is 5.29. The van der Waals surface area contributed by atoms with Gasteiger partial charge in [-0.05, 0) is 39.0 Å². The summed E-state index contributed by atoms with van der Waals surface area (Å²) in [6, 6.07) is 3.14. The highest BCUT2D eigenvalue weighted by Gasteiger charge is 2.22. The van der Waals surface area contributed by atoms with Crippen LogP contribution in [0.3, 0.4) is 0 Å². The van der Waals surface area contributed by atoms with Crippen molar-refractivity contribution in [1.29, 1.82) is 0 Å². The molecule has 0 aromatic heterocycles. The van der Waals surface area contributed by atoms with E-state index < -0.39 is 17.6 Å². The van der Waals surface area contributed by atoms with Crippen LogP contribution in [0, 0.1) is 0 Å². The third-order valence-electron chi connectivity index (χ3n) is 2.72. The van der Waals surface area contributed by atoms with Crippen LogP contribution in [0.4, 0.5) is 10.5 Å². The number of amides is 2. The zero-order valence-corrected chi connectivity index (χ0v) is 12.3. The van der Waals surface area contributed by atoms with Crippen molar-refractivity contribution in [1.82, 2.24) is 4.90 Å². The molecule has 1 aromatic carbocycles. The van der Waals surface area contributed by atoms with Crippen molar-refractivity contribution in [2.75, 3.05) is 18.4 Å². The molecule has 0 aliphatic heterocycles. The summed E-state index contributed by atoms with van der Waals surface area (Å²) in [5, 5.41) is 30.6. The summed E-state index contributed by atoms with van der Waals surface area (Å²) in [7, 11) is 0. The SMILES string of the molecule is CCN(CC(C)(C)O)C(=O)Nc1ccc(O)cc1C(=O)O. The Bertz CT molecular complexity index is 537. The predicted molar refractivity (Wildman–Crippen MR) is 77.6 cm³/mol. The Hall–Kier alpha value is -2.28. The molecule has 0 saturated carbocycles. The molecular weight excluding hydrogens is 276 g/mol. The van der Waals surface area contributed by atoms with E-state index in [4.69, 9.17) is 5.11 Å². The topological polar surface area (TPSA) is 110 Å². The second kappa shape index (κ2) is 6.45. The van der Waals surface area contributed by atoms with Crippen molar-refractivity contribution in [3.8, 4) is 5.75 Å². The largest absolute Gasteiger partial charge is 0.508 e. The quantitative estimate of drug-likeness (QED) is 0.618. The lowest BCUT2D eigenvalue weighted by atomic mass is 10.1. The number of phenols is 1. The first kappa shape index (κ1) is 16.8. The fraction of sp³-hybridized carbons (Fsp3) is 0.429. The van der Waals surface area contributed by atoms with Gasteiger partial charge in [0.1, 0.15) is 5.75 Å². The maximum Gasteiger partial charge on any atom is 0.337 e. The van der Waals surface area contributed by atoms with Gasteiger partial charge in [-0.1, -0.05) is 0 Å². The van der Waals surface area contributed by atoms with Crippen LogP contribution in [0.1, 0.15) is 31.1 Å². The number of nitrogens with one attached hydrogen (secondary N) is 1. The summed E-state index contributed by atoms with van der Waals surface area (Å²) in [4.78, 5) is 24.6. The molecule has 0 saturated heterocycles. The molecule has 0 atom stereocenters. The first-order valence-corrected chi connectivity index (χ1v) is 6.48. The number of aromatic hydroxyl groups is 1. The number of benzene rings is 1. The maximum absolute atomic E-state index is 12.1.